The van der Waals surface area contributed by atoms with Crippen molar-refractivity contribution in [2.45, 2.75) is 115 Å². The number of allylic oxidation sites excluding steroid dienone is 1. The van der Waals surface area contributed by atoms with Crippen LogP contribution in [0.3, 0.4) is 0 Å². The average Bonchev–Trinajstić information content (AvgIpc) is 3.09. The molecule has 4 atom stereocenters. The highest BCUT2D eigenvalue weighted by Gasteiger charge is 2.51. The molecule has 1 saturated heterocycles. The Labute approximate surface area is 175 Å². The van der Waals surface area contributed by atoms with Crippen LogP contribution < -0.4 is 0 Å². The Hall–Kier alpha value is -0.950. The first-order valence-corrected chi connectivity index (χ1v) is 11.4. The van der Waals surface area contributed by atoms with Gasteiger partial charge in [0.2, 0.25) is 0 Å². The Morgan fingerprint density at radius 2 is 1.83 bits per heavy atom. The predicted octanol–water partition coefficient (Wildman–Crippen LogP) is 4.39. The van der Waals surface area contributed by atoms with Crippen LogP contribution in [-0.4, -0.2) is 45.1 Å². The van der Waals surface area contributed by atoms with Gasteiger partial charge in [0.1, 0.15) is 0 Å². The van der Waals surface area contributed by atoms with Crippen molar-refractivity contribution in [3.63, 3.8) is 0 Å². The fourth-order valence-corrected chi connectivity index (χ4v) is 4.68. The van der Waals surface area contributed by atoms with Crippen LogP contribution in [0.1, 0.15) is 91.4 Å². The second-order valence-electron chi connectivity index (χ2n) is 9.21. The fraction of sp³-hybridized carbons (Fsp3) is 0.870. The molecule has 1 heterocycles. The zero-order valence-electron chi connectivity index (χ0n) is 18.3. The molecule has 0 spiro atoms. The van der Waals surface area contributed by atoms with Crippen LogP contribution in [0.2, 0.25) is 0 Å². The zero-order chi connectivity index (χ0) is 21.5. The van der Waals surface area contributed by atoms with Crippen molar-refractivity contribution < 1.29 is 29.6 Å². The molecule has 0 aromatic heterocycles. The van der Waals surface area contributed by atoms with E-state index in [1.807, 2.05) is 13.8 Å². The molecule has 1 aliphatic carbocycles. The van der Waals surface area contributed by atoms with E-state index in [-0.39, 0.29) is 18.6 Å². The summed E-state index contributed by atoms with van der Waals surface area (Å²) < 4.78 is 12.3. The third-order valence-electron chi connectivity index (χ3n) is 6.21. The zero-order valence-corrected chi connectivity index (χ0v) is 18.3. The summed E-state index contributed by atoms with van der Waals surface area (Å²) in [6.45, 7) is 6.18. The van der Waals surface area contributed by atoms with E-state index in [9.17, 15) is 15.0 Å². The van der Waals surface area contributed by atoms with Crippen molar-refractivity contribution in [3.05, 3.63) is 12.2 Å². The quantitative estimate of drug-likeness (QED) is 0.236. The van der Waals surface area contributed by atoms with Crippen LogP contribution in [0.4, 0.5) is 0 Å². The summed E-state index contributed by atoms with van der Waals surface area (Å²) in [5.41, 5.74) is 0. The minimum Gasteiger partial charge on any atom is -0.477 e. The molecule has 0 bridgehead atoms. The normalized spacial score (nSPS) is 28.9. The molecule has 1 aliphatic heterocycles. The van der Waals surface area contributed by atoms with Gasteiger partial charge in [-0.2, -0.15) is 0 Å². The highest BCUT2D eigenvalue weighted by Crippen LogP contribution is 2.47. The molecule has 168 valence electrons. The minimum atomic E-state index is -2.61. The third-order valence-corrected chi connectivity index (χ3v) is 6.21. The van der Waals surface area contributed by atoms with Gasteiger partial charge < -0.3 is 24.8 Å². The summed E-state index contributed by atoms with van der Waals surface area (Å²) in [7, 11) is 0. The van der Waals surface area contributed by atoms with E-state index in [2.05, 4.69) is 19.1 Å². The number of rotatable bonds is 13. The first-order chi connectivity index (χ1) is 13.7. The van der Waals surface area contributed by atoms with Gasteiger partial charge >= 0.3 is 5.97 Å². The molecule has 3 N–H and O–H groups in total. The molecule has 0 unspecified atom stereocenters. The molecule has 1 saturated carbocycles. The summed E-state index contributed by atoms with van der Waals surface area (Å²) in [6, 6.07) is 0. The number of aliphatic hydroxyl groups is 2. The summed E-state index contributed by atoms with van der Waals surface area (Å²) in [5, 5.41) is 27.5. The topological polar surface area (TPSA) is 96.2 Å². The molecule has 2 fully saturated rings. The van der Waals surface area contributed by atoms with Crippen molar-refractivity contribution >= 4 is 5.97 Å². The van der Waals surface area contributed by atoms with Gasteiger partial charge in [0.25, 0.3) is 5.79 Å². The number of carboxylic acid groups (broad SMARTS) is 1. The highest BCUT2D eigenvalue weighted by molar-refractivity contribution is 5.74. The second kappa shape index (κ2) is 10.9. The molecule has 0 aromatic carbocycles. The van der Waals surface area contributed by atoms with Crippen molar-refractivity contribution in [1.82, 2.24) is 0 Å². The molecular weight excluding hydrogens is 372 g/mol. The van der Waals surface area contributed by atoms with Gasteiger partial charge in [-0.1, -0.05) is 51.2 Å². The van der Waals surface area contributed by atoms with E-state index in [0.717, 1.165) is 32.1 Å². The lowest BCUT2D eigenvalue weighted by atomic mass is 9.88. The van der Waals surface area contributed by atoms with Crippen molar-refractivity contribution in [1.29, 1.82) is 0 Å². The second-order valence-corrected chi connectivity index (χ2v) is 9.21. The van der Waals surface area contributed by atoms with Crippen LogP contribution >= 0.6 is 0 Å². The number of hydrogen-bond donors (Lipinski definition) is 3. The monoisotopic (exact) mass is 412 g/mol. The molecule has 6 nitrogen and oxygen atoms in total. The lowest BCUT2D eigenvalue weighted by molar-refractivity contribution is -0.205. The molecule has 6 heteroatoms. The molecule has 0 radical (unpaired) electrons. The summed E-state index contributed by atoms with van der Waals surface area (Å²) in [6.07, 6.45) is 15.1. The third kappa shape index (κ3) is 7.35. The summed E-state index contributed by atoms with van der Waals surface area (Å²) >= 11 is 0. The van der Waals surface area contributed by atoms with E-state index >= 15 is 0 Å². The lowest BCUT2D eigenvalue weighted by Gasteiger charge is -2.25. The Balaban J connectivity index is 1.82. The Bertz CT molecular complexity index is 541. The van der Waals surface area contributed by atoms with Gasteiger partial charge in [-0.3, -0.25) is 0 Å². The molecule has 0 aromatic rings. The van der Waals surface area contributed by atoms with Gasteiger partial charge in [0.15, 0.2) is 5.79 Å². The standard InChI is InChI=1S/C23H40O6/c1-4-5-6-7-8-11-14-18-17(16-19-20(18)29-22(2,3)28-19)13-10-9-12-15-23(26,27)21(24)25/h11,14,17-20,26-27H,4-10,12-13,15-16H2,1-3H3,(H,24,25)/t17-,18+,19+,20-/m0/s1. The van der Waals surface area contributed by atoms with Gasteiger partial charge in [-0.15, -0.1) is 0 Å². The van der Waals surface area contributed by atoms with Gasteiger partial charge in [-0.05, 0) is 51.9 Å². The van der Waals surface area contributed by atoms with E-state index in [1.54, 1.807) is 0 Å². The van der Waals surface area contributed by atoms with Gasteiger partial charge in [-0.25, -0.2) is 4.79 Å². The predicted molar refractivity (Wildman–Crippen MR) is 111 cm³/mol. The highest BCUT2D eigenvalue weighted by atomic mass is 16.8. The lowest BCUT2D eigenvalue weighted by Crippen LogP contribution is -2.37. The van der Waals surface area contributed by atoms with E-state index in [0.29, 0.717) is 18.3 Å². The first-order valence-electron chi connectivity index (χ1n) is 11.4. The number of fused-ring (bicyclic) bond motifs is 1. The number of carbonyl (C=O) groups is 1. The number of ether oxygens (including phenoxy) is 2. The smallest absolute Gasteiger partial charge is 0.364 e. The summed E-state index contributed by atoms with van der Waals surface area (Å²) in [5.74, 6) is -3.87. The van der Waals surface area contributed by atoms with E-state index in [1.165, 1.54) is 25.7 Å². The van der Waals surface area contributed by atoms with Crippen LogP contribution in [0, 0.1) is 11.8 Å². The molecule has 29 heavy (non-hydrogen) atoms. The number of unbranched alkanes of at least 4 members (excludes halogenated alkanes) is 6. The van der Waals surface area contributed by atoms with Crippen molar-refractivity contribution in [2.75, 3.05) is 0 Å². The average molecular weight is 413 g/mol. The number of hydrogen-bond acceptors (Lipinski definition) is 5. The molecular formula is C23H40O6. The molecule has 0 amide bonds. The summed E-state index contributed by atoms with van der Waals surface area (Å²) in [4.78, 5) is 10.7. The van der Waals surface area contributed by atoms with Gasteiger partial charge in [0.05, 0.1) is 12.2 Å². The van der Waals surface area contributed by atoms with Crippen LogP contribution in [0.5, 0.6) is 0 Å². The van der Waals surface area contributed by atoms with Crippen molar-refractivity contribution in [3.8, 4) is 0 Å². The number of carboxylic acids is 1. The Morgan fingerprint density at radius 1 is 1.10 bits per heavy atom. The molecule has 2 rings (SSSR count). The maximum atomic E-state index is 10.7. The first kappa shape index (κ1) is 24.3. The SMILES string of the molecule is CCCCCCC=C[C@@H]1[C@@H](CCCCCC(O)(O)C(=O)O)C[C@H]2OC(C)(C)O[C@@H]12. The Kier molecular flexibility index (Phi) is 9.14. The van der Waals surface area contributed by atoms with Crippen LogP contribution in [-0.2, 0) is 14.3 Å². The largest absolute Gasteiger partial charge is 0.477 e. The van der Waals surface area contributed by atoms with Crippen molar-refractivity contribution in [2.24, 2.45) is 11.8 Å². The Morgan fingerprint density at radius 3 is 2.52 bits per heavy atom. The van der Waals surface area contributed by atoms with E-state index < -0.39 is 17.5 Å². The van der Waals surface area contributed by atoms with Crippen LogP contribution in [0.25, 0.3) is 0 Å². The van der Waals surface area contributed by atoms with Crippen LogP contribution in [0.15, 0.2) is 12.2 Å². The van der Waals surface area contributed by atoms with E-state index in [4.69, 9.17) is 14.6 Å². The maximum Gasteiger partial charge on any atom is 0.364 e. The van der Waals surface area contributed by atoms with Gasteiger partial charge in [0, 0.05) is 12.3 Å². The maximum absolute atomic E-state index is 10.7. The minimum absolute atomic E-state index is 0.108. The molecule has 2 aliphatic rings. The number of aliphatic carboxylic acids is 1. The fourth-order valence-electron chi connectivity index (χ4n) is 4.68.